The van der Waals surface area contributed by atoms with Gasteiger partial charge in [0, 0.05) is 10.9 Å². The quantitative estimate of drug-likeness (QED) is 0.549. The number of rotatable bonds is 5. The highest BCUT2D eigenvalue weighted by Crippen LogP contribution is 2.37. The molecule has 2 aromatic carbocycles. The van der Waals surface area contributed by atoms with Crippen LogP contribution in [0.25, 0.3) is 22.2 Å². The SMILES string of the molecule is CCN(CC)CC.Cc1ccc2c(C(=O)O)c(O)c(-c3ccc(O)cc3)nc2c1C. The van der Waals surface area contributed by atoms with E-state index in [0.717, 1.165) is 11.1 Å². The number of carboxylic acids is 1. The Hall–Kier alpha value is -3.12. The van der Waals surface area contributed by atoms with Crippen LogP contribution in [0.1, 0.15) is 42.3 Å². The van der Waals surface area contributed by atoms with Crippen LogP contribution in [0.15, 0.2) is 36.4 Å². The largest absolute Gasteiger partial charge is 0.508 e. The number of hydrogen-bond donors (Lipinski definition) is 3. The molecule has 0 fully saturated rings. The molecule has 0 atom stereocenters. The minimum Gasteiger partial charge on any atom is -0.508 e. The minimum atomic E-state index is -1.21. The smallest absolute Gasteiger partial charge is 0.340 e. The number of pyridine rings is 1. The van der Waals surface area contributed by atoms with E-state index in [9.17, 15) is 20.1 Å². The van der Waals surface area contributed by atoms with Gasteiger partial charge in [0.2, 0.25) is 0 Å². The van der Waals surface area contributed by atoms with Crippen molar-refractivity contribution in [2.24, 2.45) is 0 Å². The summed E-state index contributed by atoms with van der Waals surface area (Å²) in [4.78, 5) is 18.5. The van der Waals surface area contributed by atoms with Gasteiger partial charge < -0.3 is 20.2 Å². The number of carboxylic acid groups (broad SMARTS) is 1. The Balaban J connectivity index is 0.000000396. The van der Waals surface area contributed by atoms with Gasteiger partial charge in [-0.05, 0) is 68.9 Å². The van der Waals surface area contributed by atoms with E-state index in [1.165, 1.54) is 31.8 Å². The zero-order chi connectivity index (χ0) is 22.4. The van der Waals surface area contributed by atoms with Gasteiger partial charge in [-0.2, -0.15) is 0 Å². The van der Waals surface area contributed by atoms with Crippen molar-refractivity contribution in [2.45, 2.75) is 34.6 Å². The summed E-state index contributed by atoms with van der Waals surface area (Å²) in [5.74, 6) is -1.50. The number of aromatic nitrogens is 1. The first-order valence-electron chi connectivity index (χ1n) is 10.1. The molecule has 0 saturated carbocycles. The molecule has 0 aliphatic heterocycles. The summed E-state index contributed by atoms with van der Waals surface area (Å²) in [6.45, 7) is 13.9. The summed E-state index contributed by atoms with van der Waals surface area (Å²) in [5, 5.41) is 29.7. The highest BCUT2D eigenvalue weighted by Gasteiger charge is 2.22. The second kappa shape index (κ2) is 10.1. The Morgan fingerprint density at radius 1 is 0.933 bits per heavy atom. The van der Waals surface area contributed by atoms with E-state index < -0.39 is 5.97 Å². The molecule has 1 aromatic heterocycles. The van der Waals surface area contributed by atoms with Crippen molar-refractivity contribution in [3.05, 3.63) is 53.1 Å². The van der Waals surface area contributed by atoms with Crippen LogP contribution in [0.3, 0.4) is 0 Å². The standard InChI is InChI=1S/C18H15NO4.C6H15N/c1-9-3-8-13-14(18(22)23)17(21)16(19-15(13)10(9)2)11-4-6-12(20)7-5-11;1-4-7(5-2)6-3/h3-8,20-21H,1-2H3,(H,22,23);4-6H2,1-3H3. The maximum Gasteiger partial charge on any atom is 0.340 e. The van der Waals surface area contributed by atoms with Crippen LogP contribution in [0, 0.1) is 13.8 Å². The maximum absolute atomic E-state index is 11.6. The van der Waals surface area contributed by atoms with Crippen LogP contribution in [-0.2, 0) is 0 Å². The molecule has 0 radical (unpaired) electrons. The lowest BCUT2D eigenvalue weighted by molar-refractivity contribution is 0.0696. The average molecular weight is 411 g/mol. The highest BCUT2D eigenvalue weighted by atomic mass is 16.4. The van der Waals surface area contributed by atoms with Crippen molar-refractivity contribution in [1.82, 2.24) is 9.88 Å². The van der Waals surface area contributed by atoms with Crippen molar-refractivity contribution in [1.29, 1.82) is 0 Å². The Morgan fingerprint density at radius 2 is 1.50 bits per heavy atom. The third-order valence-electron chi connectivity index (χ3n) is 5.35. The van der Waals surface area contributed by atoms with Gasteiger partial charge >= 0.3 is 5.97 Å². The summed E-state index contributed by atoms with van der Waals surface area (Å²) in [6, 6.07) is 9.56. The second-order valence-corrected chi connectivity index (χ2v) is 7.06. The molecule has 30 heavy (non-hydrogen) atoms. The number of aromatic hydroxyl groups is 2. The van der Waals surface area contributed by atoms with Crippen LogP contribution in [-0.4, -0.2) is 50.8 Å². The van der Waals surface area contributed by atoms with Crippen LogP contribution in [0.2, 0.25) is 0 Å². The molecule has 6 heteroatoms. The lowest BCUT2D eigenvalue weighted by atomic mass is 9.98. The molecule has 3 rings (SSSR count). The van der Waals surface area contributed by atoms with E-state index in [1.54, 1.807) is 18.2 Å². The topological polar surface area (TPSA) is 93.9 Å². The molecule has 0 unspecified atom stereocenters. The highest BCUT2D eigenvalue weighted by molar-refractivity contribution is 6.08. The normalized spacial score (nSPS) is 10.7. The summed E-state index contributed by atoms with van der Waals surface area (Å²) in [6.07, 6.45) is 0. The molecule has 6 nitrogen and oxygen atoms in total. The van der Waals surface area contributed by atoms with Crippen molar-refractivity contribution in [3.63, 3.8) is 0 Å². The molecule has 1 heterocycles. The van der Waals surface area contributed by atoms with E-state index in [4.69, 9.17) is 0 Å². The van der Waals surface area contributed by atoms with Gasteiger partial charge in [0.15, 0.2) is 5.75 Å². The number of aryl methyl sites for hydroxylation is 2. The maximum atomic E-state index is 11.6. The Morgan fingerprint density at radius 3 is 1.97 bits per heavy atom. The molecule has 3 aromatic rings. The number of nitrogens with zero attached hydrogens (tertiary/aromatic N) is 2. The Kier molecular flexibility index (Phi) is 7.78. The molecule has 0 bridgehead atoms. The Bertz CT molecular complexity index is 1020. The number of aromatic carboxylic acids is 1. The molecule has 0 saturated heterocycles. The summed E-state index contributed by atoms with van der Waals surface area (Å²) in [5.41, 5.74) is 2.95. The third kappa shape index (κ3) is 4.89. The number of carbonyl (C=O) groups is 1. The van der Waals surface area contributed by atoms with Gasteiger partial charge in [-0.25, -0.2) is 9.78 Å². The monoisotopic (exact) mass is 410 g/mol. The fourth-order valence-electron chi connectivity index (χ4n) is 3.27. The van der Waals surface area contributed by atoms with Crippen LogP contribution in [0.4, 0.5) is 0 Å². The van der Waals surface area contributed by atoms with Crippen LogP contribution in [0.5, 0.6) is 11.5 Å². The van der Waals surface area contributed by atoms with E-state index in [0.29, 0.717) is 16.5 Å². The summed E-state index contributed by atoms with van der Waals surface area (Å²) < 4.78 is 0. The molecule has 0 spiro atoms. The number of fused-ring (bicyclic) bond motifs is 1. The van der Waals surface area contributed by atoms with Crippen molar-refractivity contribution in [2.75, 3.05) is 19.6 Å². The van der Waals surface area contributed by atoms with Gasteiger partial charge in [0.1, 0.15) is 17.0 Å². The predicted molar refractivity (Wildman–Crippen MR) is 120 cm³/mol. The number of phenols is 1. The van der Waals surface area contributed by atoms with E-state index >= 15 is 0 Å². The second-order valence-electron chi connectivity index (χ2n) is 7.06. The van der Waals surface area contributed by atoms with Crippen molar-refractivity contribution in [3.8, 4) is 22.8 Å². The molecule has 0 amide bonds. The third-order valence-corrected chi connectivity index (χ3v) is 5.35. The number of hydrogen-bond acceptors (Lipinski definition) is 5. The van der Waals surface area contributed by atoms with Gasteiger partial charge in [-0.3, -0.25) is 0 Å². The predicted octanol–water partition coefficient (Wildman–Crippen LogP) is 4.98. The molecule has 0 aliphatic rings. The first kappa shape index (κ1) is 23.2. The molecular weight excluding hydrogens is 380 g/mol. The lowest BCUT2D eigenvalue weighted by Gasteiger charge is -2.13. The van der Waals surface area contributed by atoms with Gasteiger partial charge in [0.05, 0.1) is 5.52 Å². The first-order chi connectivity index (χ1) is 14.2. The number of phenolic OH excluding ortho intramolecular Hbond substituents is 1. The molecule has 160 valence electrons. The van der Waals surface area contributed by atoms with E-state index in [2.05, 4.69) is 30.7 Å². The zero-order valence-corrected chi connectivity index (χ0v) is 18.2. The summed E-state index contributed by atoms with van der Waals surface area (Å²) in [7, 11) is 0. The van der Waals surface area contributed by atoms with Gasteiger partial charge in [0.25, 0.3) is 0 Å². The van der Waals surface area contributed by atoms with Crippen LogP contribution < -0.4 is 0 Å². The minimum absolute atomic E-state index is 0.0829. The molecule has 0 aliphatic carbocycles. The fourth-order valence-corrected chi connectivity index (χ4v) is 3.27. The van der Waals surface area contributed by atoms with Gasteiger partial charge in [-0.1, -0.05) is 32.9 Å². The Labute approximate surface area is 177 Å². The van der Waals surface area contributed by atoms with E-state index in [1.807, 2.05) is 19.9 Å². The summed E-state index contributed by atoms with van der Waals surface area (Å²) >= 11 is 0. The van der Waals surface area contributed by atoms with Crippen LogP contribution >= 0.6 is 0 Å². The average Bonchev–Trinajstić information content (AvgIpc) is 2.73. The molecular formula is C24H30N2O4. The van der Waals surface area contributed by atoms with Crippen molar-refractivity contribution < 1.29 is 20.1 Å². The number of benzene rings is 2. The molecule has 3 N–H and O–H groups in total. The zero-order valence-electron chi connectivity index (χ0n) is 18.2. The van der Waals surface area contributed by atoms with Crippen molar-refractivity contribution >= 4 is 16.9 Å². The van der Waals surface area contributed by atoms with Gasteiger partial charge in [-0.15, -0.1) is 0 Å². The first-order valence-corrected chi connectivity index (χ1v) is 10.1. The fraction of sp³-hybridized carbons (Fsp3) is 0.333. The lowest BCUT2D eigenvalue weighted by Crippen LogP contribution is -2.21. The van der Waals surface area contributed by atoms with E-state index in [-0.39, 0.29) is 22.8 Å².